The van der Waals surface area contributed by atoms with Crippen molar-refractivity contribution in [2.24, 2.45) is 0 Å². The topological polar surface area (TPSA) is 63.1 Å². The summed E-state index contributed by atoms with van der Waals surface area (Å²) in [6, 6.07) is 0. The molecule has 0 amide bonds. The van der Waals surface area contributed by atoms with Gasteiger partial charge in [-0.1, -0.05) is 23.1 Å². The third kappa shape index (κ3) is 2.88. The second kappa shape index (κ2) is 4.65. The van der Waals surface area contributed by atoms with Gasteiger partial charge in [0.15, 0.2) is 9.35 Å². The lowest BCUT2D eigenvalue weighted by Gasteiger charge is -1.99. The van der Waals surface area contributed by atoms with Crippen LogP contribution in [0.5, 0.6) is 0 Å². The zero-order chi connectivity index (χ0) is 10.7. The quantitative estimate of drug-likeness (QED) is 0.816. The van der Waals surface area contributed by atoms with Crippen molar-refractivity contribution in [2.75, 3.05) is 0 Å². The fourth-order valence-corrected chi connectivity index (χ4v) is 2.36. The van der Waals surface area contributed by atoms with E-state index in [1.54, 1.807) is 0 Å². The summed E-state index contributed by atoms with van der Waals surface area (Å²) >= 11 is 1.62. The summed E-state index contributed by atoms with van der Waals surface area (Å²) in [6.07, 6.45) is -2.65. The Balaban J connectivity index is 2.64. The maximum atomic E-state index is 12.1. The number of thioether (sulfide) groups is 1. The number of nitrogens with zero attached hydrogens (tertiary/aromatic N) is 2. The van der Waals surface area contributed by atoms with Gasteiger partial charge in [0.1, 0.15) is 5.25 Å². The fourth-order valence-electron chi connectivity index (χ4n) is 0.558. The van der Waals surface area contributed by atoms with Crippen LogP contribution in [0.25, 0.3) is 0 Å². The van der Waals surface area contributed by atoms with Crippen LogP contribution in [0, 0.1) is 0 Å². The molecule has 4 nitrogen and oxygen atoms in total. The van der Waals surface area contributed by atoms with Crippen molar-refractivity contribution in [2.45, 2.75) is 22.9 Å². The van der Waals surface area contributed by atoms with Crippen molar-refractivity contribution in [3.63, 3.8) is 0 Å². The van der Waals surface area contributed by atoms with Crippen molar-refractivity contribution >= 4 is 29.1 Å². The molecule has 78 valence electrons. The van der Waals surface area contributed by atoms with E-state index in [0.29, 0.717) is 11.3 Å². The van der Waals surface area contributed by atoms with Gasteiger partial charge in [-0.3, -0.25) is 4.79 Å². The molecule has 0 aliphatic rings. The molecule has 0 saturated heterocycles. The summed E-state index contributed by atoms with van der Waals surface area (Å²) in [5, 5.41) is 14.1. The molecule has 1 aromatic rings. The summed E-state index contributed by atoms with van der Waals surface area (Å²) in [4.78, 5) is 10.4. The molecule has 1 rings (SSSR count). The molecular formula is C6H6F2N2O2S2. The van der Waals surface area contributed by atoms with Gasteiger partial charge in [0.05, 0.1) is 0 Å². The predicted molar refractivity (Wildman–Crippen MR) is 47.8 cm³/mol. The van der Waals surface area contributed by atoms with Crippen LogP contribution in [-0.4, -0.2) is 26.5 Å². The molecule has 0 saturated carbocycles. The number of aliphatic carboxylic acids is 1. The number of hydrogen-bond acceptors (Lipinski definition) is 5. The monoisotopic (exact) mass is 240 g/mol. The molecule has 1 N–H and O–H groups in total. The maximum absolute atomic E-state index is 12.1. The van der Waals surface area contributed by atoms with Crippen molar-refractivity contribution in [1.82, 2.24) is 10.2 Å². The Bertz CT molecular complexity index is 331. The number of carbonyl (C=O) groups is 1. The average molecular weight is 240 g/mol. The van der Waals surface area contributed by atoms with Crippen molar-refractivity contribution in [3.05, 3.63) is 5.01 Å². The van der Waals surface area contributed by atoms with Gasteiger partial charge >= 0.3 is 5.97 Å². The highest BCUT2D eigenvalue weighted by Gasteiger charge is 2.18. The number of rotatable bonds is 4. The number of carboxylic acid groups (broad SMARTS) is 1. The lowest BCUT2D eigenvalue weighted by atomic mass is 10.5. The molecule has 0 bridgehead atoms. The van der Waals surface area contributed by atoms with Gasteiger partial charge in [0.25, 0.3) is 6.43 Å². The molecular weight excluding hydrogens is 234 g/mol. The summed E-state index contributed by atoms with van der Waals surface area (Å²) < 4.78 is 24.4. The van der Waals surface area contributed by atoms with Crippen LogP contribution in [0.15, 0.2) is 4.34 Å². The highest BCUT2D eigenvalue weighted by atomic mass is 32.2. The summed E-state index contributed by atoms with van der Waals surface area (Å²) in [7, 11) is 0. The molecule has 1 atom stereocenters. The van der Waals surface area contributed by atoms with Crippen molar-refractivity contribution < 1.29 is 18.7 Å². The summed E-state index contributed by atoms with van der Waals surface area (Å²) in [6.45, 7) is 1.45. The van der Waals surface area contributed by atoms with Crippen LogP contribution in [0.2, 0.25) is 0 Å². The number of halogens is 2. The van der Waals surface area contributed by atoms with E-state index >= 15 is 0 Å². The van der Waals surface area contributed by atoms with E-state index in [1.807, 2.05) is 0 Å². The summed E-state index contributed by atoms with van der Waals surface area (Å²) in [5.74, 6) is -1.01. The molecule has 1 heterocycles. The molecule has 0 radical (unpaired) electrons. The van der Waals surface area contributed by atoms with Gasteiger partial charge in [-0.2, -0.15) is 0 Å². The average Bonchev–Trinajstić information content (AvgIpc) is 2.52. The first kappa shape index (κ1) is 11.3. The van der Waals surface area contributed by atoms with Gasteiger partial charge in [-0.15, -0.1) is 10.2 Å². The Morgan fingerprint density at radius 2 is 2.21 bits per heavy atom. The molecule has 0 spiro atoms. The number of hydrogen-bond donors (Lipinski definition) is 1. The SMILES string of the molecule is CC(Sc1nnc(C(F)F)s1)C(=O)O. The van der Waals surface area contributed by atoms with E-state index in [2.05, 4.69) is 10.2 Å². The van der Waals surface area contributed by atoms with Crippen molar-refractivity contribution in [1.29, 1.82) is 0 Å². The Kier molecular flexibility index (Phi) is 3.76. The minimum Gasteiger partial charge on any atom is -0.480 e. The third-order valence-electron chi connectivity index (χ3n) is 1.23. The van der Waals surface area contributed by atoms with E-state index in [4.69, 9.17) is 5.11 Å². The molecule has 8 heteroatoms. The zero-order valence-corrected chi connectivity index (χ0v) is 8.61. The zero-order valence-electron chi connectivity index (χ0n) is 6.98. The molecule has 1 aromatic heterocycles. The molecule has 14 heavy (non-hydrogen) atoms. The first-order chi connectivity index (χ1) is 6.50. The van der Waals surface area contributed by atoms with Gasteiger partial charge in [-0.25, -0.2) is 8.78 Å². The van der Waals surface area contributed by atoms with Crippen LogP contribution in [-0.2, 0) is 4.79 Å². The standard InChI is InChI=1S/C6H6F2N2O2S2/c1-2(5(11)12)13-6-10-9-4(14-6)3(7)8/h2-3H,1H3,(H,11,12). The van der Waals surface area contributed by atoms with Crippen LogP contribution in [0.4, 0.5) is 8.78 Å². The first-order valence-electron chi connectivity index (χ1n) is 3.51. The lowest BCUT2D eigenvalue weighted by molar-refractivity contribution is -0.136. The maximum Gasteiger partial charge on any atom is 0.316 e. The first-order valence-corrected chi connectivity index (χ1v) is 5.21. The van der Waals surface area contributed by atoms with E-state index in [1.165, 1.54) is 6.92 Å². The Labute approximate surface area is 86.3 Å². The predicted octanol–water partition coefficient (Wildman–Crippen LogP) is 2.04. The normalized spacial score (nSPS) is 13.1. The Hall–Kier alpha value is -0.760. The molecule has 0 aliphatic carbocycles. The highest BCUT2D eigenvalue weighted by molar-refractivity contribution is 8.02. The smallest absolute Gasteiger partial charge is 0.316 e. The van der Waals surface area contributed by atoms with E-state index in [-0.39, 0.29) is 9.35 Å². The molecule has 0 fully saturated rings. The van der Waals surface area contributed by atoms with Crippen molar-refractivity contribution in [3.8, 4) is 0 Å². The van der Waals surface area contributed by atoms with Crippen LogP contribution >= 0.6 is 23.1 Å². The number of carboxylic acids is 1. The number of alkyl halides is 2. The minimum atomic E-state index is -2.65. The van der Waals surface area contributed by atoms with Gasteiger partial charge < -0.3 is 5.11 Å². The molecule has 0 aromatic carbocycles. The second-order valence-electron chi connectivity index (χ2n) is 2.31. The largest absolute Gasteiger partial charge is 0.480 e. The lowest BCUT2D eigenvalue weighted by Crippen LogP contribution is -2.10. The highest BCUT2D eigenvalue weighted by Crippen LogP contribution is 2.30. The Morgan fingerprint density at radius 1 is 1.57 bits per heavy atom. The number of aromatic nitrogens is 2. The minimum absolute atomic E-state index is 0.246. The van der Waals surface area contributed by atoms with E-state index in [0.717, 1.165) is 11.8 Å². The van der Waals surface area contributed by atoms with E-state index < -0.39 is 17.6 Å². The van der Waals surface area contributed by atoms with Crippen LogP contribution in [0.1, 0.15) is 18.4 Å². The summed E-state index contributed by atoms with van der Waals surface area (Å²) in [5.41, 5.74) is 0. The molecule has 0 aliphatic heterocycles. The van der Waals surface area contributed by atoms with E-state index in [9.17, 15) is 13.6 Å². The van der Waals surface area contributed by atoms with Gasteiger partial charge in [-0.05, 0) is 6.92 Å². The third-order valence-corrected chi connectivity index (χ3v) is 3.34. The Morgan fingerprint density at radius 3 is 2.64 bits per heavy atom. The van der Waals surface area contributed by atoms with Gasteiger partial charge in [0, 0.05) is 0 Å². The second-order valence-corrected chi connectivity index (χ2v) is 4.90. The molecule has 1 unspecified atom stereocenters. The fraction of sp³-hybridized carbons (Fsp3) is 0.500. The van der Waals surface area contributed by atoms with Crippen LogP contribution < -0.4 is 0 Å². The van der Waals surface area contributed by atoms with Gasteiger partial charge in [0.2, 0.25) is 0 Å². The van der Waals surface area contributed by atoms with Crippen LogP contribution in [0.3, 0.4) is 0 Å².